The summed E-state index contributed by atoms with van der Waals surface area (Å²) < 4.78 is 63.5. The van der Waals surface area contributed by atoms with Crippen molar-refractivity contribution in [2.45, 2.75) is 13.8 Å². The van der Waals surface area contributed by atoms with Crippen molar-refractivity contribution in [3.8, 4) is 22.6 Å². The van der Waals surface area contributed by atoms with E-state index in [9.17, 15) is 22.4 Å². The van der Waals surface area contributed by atoms with Gasteiger partial charge in [-0.05, 0) is 42.0 Å². The van der Waals surface area contributed by atoms with Crippen LogP contribution in [0.2, 0.25) is 0 Å². The molecule has 0 radical (unpaired) electrons. The van der Waals surface area contributed by atoms with E-state index in [0.717, 1.165) is 23.9 Å². The van der Waals surface area contributed by atoms with Crippen molar-refractivity contribution >= 4 is 22.8 Å². The molecule has 0 saturated carbocycles. The zero-order valence-electron chi connectivity index (χ0n) is 13.8. The van der Waals surface area contributed by atoms with Crippen LogP contribution in [-0.4, -0.2) is 19.7 Å². The lowest BCUT2D eigenvalue weighted by Crippen LogP contribution is -2.19. The van der Waals surface area contributed by atoms with Crippen LogP contribution in [-0.2, 0) is 0 Å². The van der Waals surface area contributed by atoms with Crippen LogP contribution in [0.5, 0.6) is 5.75 Å². The lowest BCUT2D eigenvalue weighted by Gasteiger charge is -2.12. The van der Waals surface area contributed by atoms with Crippen LogP contribution in [0.1, 0.15) is 7.43 Å². The molecule has 0 spiro atoms. The molecule has 2 heterocycles. The number of fused-ring (bicyclic) bond motifs is 1. The van der Waals surface area contributed by atoms with Gasteiger partial charge in [0.25, 0.3) is 5.56 Å². The number of halogens is 4. The first-order valence-corrected chi connectivity index (χ1v) is 8.55. The van der Waals surface area contributed by atoms with Gasteiger partial charge in [-0.2, -0.15) is 8.75 Å². The Labute approximate surface area is 166 Å². The number of hydrogen-bond acceptors (Lipinski definition) is 5. The molecule has 5 nitrogen and oxygen atoms in total. The topological polar surface area (TPSA) is 57.0 Å². The minimum absolute atomic E-state index is 0. The smallest absolute Gasteiger partial charge is 0.406 e. The van der Waals surface area contributed by atoms with Crippen molar-refractivity contribution < 1.29 is 22.3 Å². The number of nitrogens with zero attached hydrogens (tertiary/aromatic N) is 3. The number of ether oxygens (including phenoxy) is 1. The SMILES string of the molecule is C.O=c1c2nsnc2c(-c2ccc(F)cc2)cn1-c1ccc(OC(F)(F)F)cc1. The molecule has 2 aromatic heterocycles. The fraction of sp³-hybridized carbons (Fsp3) is 0.105. The fourth-order valence-electron chi connectivity index (χ4n) is 2.71. The largest absolute Gasteiger partial charge is 0.573 e. The maximum Gasteiger partial charge on any atom is 0.573 e. The van der Waals surface area contributed by atoms with Crippen LogP contribution in [0.15, 0.2) is 59.5 Å². The highest BCUT2D eigenvalue weighted by atomic mass is 32.1. The van der Waals surface area contributed by atoms with Crippen LogP contribution < -0.4 is 10.3 Å². The Morgan fingerprint density at radius 1 is 0.931 bits per heavy atom. The molecule has 0 saturated heterocycles. The molecule has 0 aliphatic carbocycles. The second-order valence-corrected chi connectivity index (χ2v) is 6.26. The maximum atomic E-state index is 13.2. The van der Waals surface area contributed by atoms with Gasteiger partial charge >= 0.3 is 6.36 Å². The Kier molecular flexibility index (Phi) is 5.38. The molecule has 0 atom stereocenters. The number of aromatic nitrogens is 3. The molecule has 4 rings (SSSR count). The fourth-order valence-corrected chi connectivity index (χ4v) is 3.26. The monoisotopic (exact) mass is 423 g/mol. The van der Waals surface area contributed by atoms with Gasteiger partial charge in [-0.3, -0.25) is 9.36 Å². The van der Waals surface area contributed by atoms with Crippen LogP contribution in [0.3, 0.4) is 0 Å². The van der Waals surface area contributed by atoms with E-state index in [1.807, 2.05) is 0 Å². The average Bonchev–Trinajstić information content (AvgIpc) is 3.13. The van der Waals surface area contributed by atoms with Gasteiger partial charge in [-0.1, -0.05) is 19.6 Å². The number of pyridine rings is 1. The Morgan fingerprint density at radius 3 is 2.17 bits per heavy atom. The Bertz CT molecular complexity index is 1200. The molecule has 0 unspecified atom stereocenters. The molecule has 0 amide bonds. The molecule has 4 aromatic rings. The Morgan fingerprint density at radius 2 is 1.55 bits per heavy atom. The summed E-state index contributed by atoms with van der Waals surface area (Å²) in [6, 6.07) is 10.5. The summed E-state index contributed by atoms with van der Waals surface area (Å²) >= 11 is 0.859. The molecule has 0 N–H and O–H groups in total. The number of benzene rings is 2. The second-order valence-electron chi connectivity index (χ2n) is 5.73. The predicted octanol–water partition coefficient (Wildman–Crippen LogP) is 5.18. The zero-order chi connectivity index (χ0) is 19.9. The van der Waals surface area contributed by atoms with Crippen molar-refractivity contribution in [3.63, 3.8) is 0 Å². The lowest BCUT2D eigenvalue weighted by molar-refractivity contribution is -0.274. The highest BCUT2D eigenvalue weighted by Gasteiger charge is 2.31. The molecule has 150 valence electrons. The molecule has 29 heavy (non-hydrogen) atoms. The summed E-state index contributed by atoms with van der Waals surface area (Å²) in [5.74, 6) is -0.815. The standard InChI is InChI=1S/C18H9F4N3O2S.CH4/c19-11-3-1-10(2-4-11)14-9-25(17(26)16-15(14)23-28-24-16)12-5-7-13(8-6-12)27-18(20,21)22;/h1-9H;1H4. The van der Waals surface area contributed by atoms with Gasteiger partial charge in [0.15, 0.2) is 5.52 Å². The normalized spacial score (nSPS) is 11.3. The summed E-state index contributed by atoms with van der Waals surface area (Å²) in [5, 5.41) is 0. The molecule has 0 bridgehead atoms. The molecule has 0 aliphatic rings. The van der Waals surface area contributed by atoms with Crippen molar-refractivity contribution in [3.05, 3.63) is 70.9 Å². The van der Waals surface area contributed by atoms with Gasteiger partial charge in [-0.25, -0.2) is 4.39 Å². The van der Waals surface area contributed by atoms with E-state index in [-0.39, 0.29) is 12.9 Å². The number of hydrogen-bond donors (Lipinski definition) is 0. The Balaban J connectivity index is 0.00000240. The molecule has 0 fully saturated rings. The summed E-state index contributed by atoms with van der Waals surface area (Å²) in [6.45, 7) is 0. The van der Waals surface area contributed by atoms with E-state index in [1.54, 1.807) is 12.1 Å². The molecule has 2 aromatic carbocycles. The summed E-state index contributed by atoms with van der Waals surface area (Å²) in [7, 11) is 0. The third-order valence-electron chi connectivity index (χ3n) is 3.93. The average molecular weight is 423 g/mol. The van der Waals surface area contributed by atoms with E-state index >= 15 is 0 Å². The van der Waals surface area contributed by atoms with E-state index in [2.05, 4.69) is 13.5 Å². The first-order chi connectivity index (χ1) is 13.3. The quantitative estimate of drug-likeness (QED) is 0.426. The highest BCUT2D eigenvalue weighted by Crippen LogP contribution is 2.28. The summed E-state index contributed by atoms with van der Waals surface area (Å²) in [6.07, 6.45) is -3.31. The third kappa shape index (κ3) is 4.11. The van der Waals surface area contributed by atoms with E-state index in [1.165, 1.54) is 35.0 Å². The second kappa shape index (κ2) is 7.63. The number of alkyl halides is 3. The lowest BCUT2D eigenvalue weighted by atomic mass is 10.1. The summed E-state index contributed by atoms with van der Waals surface area (Å²) in [5.41, 5.74) is 1.48. The van der Waals surface area contributed by atoms with E-state index < -0.39 is 23.5 Å². The van der Waals surface area contributed by atoms with Gasteiger partial charge in [0.05, 0.1) is 11.7 Å². The van der Waals surface area contributed by atoms with Crippen LogP contribution in [0, 0.1) is 5.82 Å². The van der Waals surface area contributed by atoms with E-state index in [0.29, 0.717) is 22.3 Å². The highest BCUT2D eigenvalue weighted by molar-refractivity contribution is 7.00. The minimum Gasteiger partial charge on any atom is -0.406 e. The van der Waals surface area contributed by atoms with Gasteiger partial charge in [0.1, 0.15) is 17.1 Å². The van der Waals surface area contributed by atoms with Crippen molar-refractivity contribution in [1.82, 2.24) is 13.3 Å². The maximum absolute atomic E-state index is 13.2. The van der Waals surface area contributed by atoms with Crippen molar-refractivity contribution in [1.29, 1.82) is 0 Å². The third-order valence-corrected chi connectivity index (χ3v) is 4.46. The number of rotatable bonds is 3. The van der Waals surface area contributed by atoms with Gasteiger partial charge in [0.2, 0.25) is 0 Å². The molecular formula is C19H13F4N3O2S. The zero-order valence-corrected chi connectivity index (χ0v) is 14.6. The van der Waals surface area contributed by atoms with Crippen molar-refractivity contribution in [2.24, 2.45) is 0 Å². The van der Waals surface area contributed by atoms with Gasteiger partial charge in [0, 0.05) is 17.4 Å². The van der Waals surface area contributed by atoms with Gasteiger partial charge < -0.3 is 4.74 Å². The Hall–Kier alpha value is -3.27. The van der Waals surface area contributed by atoms with E-state index in [4.69, 9.17) is 0 Å². The first-order valence-electron chi connectivity index (χ1n) is 7.82. The molecular weight excluding hydrogens is 410 g/mol. The predicted molar refractivity (Wildman–Crippen MR) is 102 cm³/mol. The van der Waals surface area contributed by atoms with Crippen molar-refractivity contribution in [2.75, 3.05) is 0 Å². The summed E-state index contributed by atoms with van der Waals surface area (Å²) in [4.78, 5) is 12.7. The van der Waals surface area contributed by atoms with Crippen LogP contribution >= 0.6 is 11.7 Å². The molecule has 0 aliphatic heterocycles. The van der Waals surface area contributed by atoms with Crippen LogP contribution in [0.25, 0.3) is 27.8 Å². The van der Waals surface area contributed by atoms with Gasteiger partial charge in [-0.15, -0.1) is 13.2 Å². The minimum atomic E-state index is -4.81. The first kappa shape index (κ1) is 20.5. The molecule has 10 heteroatoms. The van der Waals surface area contributed by atoms with Crippen LogP contribution in [0.4, 0.5) is 17.6 Å².